The molecule has 0 aliphatic carbocycles. The average Bonchev–Trinajstić information content (AvgIpc) is 2.15. The second-order valence-electron chi connectivity index (χ2n) is 1.78. The summed E-state index contributed by atoms with van der Waals surface area (Å²) in [4.78, 5) is 4.08. The Balaban J connectivity index is 2.39. The van der Waals surface area contributed by atoms with E-state index in [-0.39, 0.29) is 6.17 Å². The van der Waals surface area contributed by atoms with Gasteiger partial charge in [-0.1, -0.05) is 0 Å². The van der Waals surface area contributed by atoms with E-state index >= 15 is 0 Å². The fourth-order valence-electron chi connectivity index (χ4n) is 0.845. The Labute approximate surface area is 47.6 Å². The first-order chi connectivity index (χ1) is 3.97. The highest BCUT2D eigenvalue weighted by atomic mass is 15.1. The zero-order valence-electron chi connectivity index (χ0n) is 4.26. The van der Waals surface area contributed by atoms with Gasteiger partial charge in [-0.05, 0) is 6.08 Å². The first kappa shape index (κ1) is 3.89. The maximum atomic E-state index is 4.08. The number of fused-ring (bicyclic) bond motifs is 1. The first-order valence-electron chi connectivity index (χ1n) is 2.54. The van der Waals surface area contributed by atoms with Crippen LogP contribution in [-0.2, 0) is 0 Å². The summed E-state index contributed by atoms with van der Waals surface area (Å²) in [5.41, 5.74) is 1.14. The highest BCUT2D eigenvalue weighted by Crippen LogP contribution is 2.13. The smallest absolute Gasteiger partial charge is 0.144 e. The topological polar surface area (TPSA) is 24.4 Å². The minimum absolute atomic E-state index is 0.190. The van der Waals surface area contributed by atoms with Crippen molar-refractivity contribution in [2.24, 2.45) is 4.99 Å². The lowest BCUT2D eigenvalue weighted by Crippen LogP contribution is -2.15. The predicted octanol–water partition coefficient (Wildman–Crippen LogP) is 0.243. The Morgan fingerprint density at radius 2 is 2.75 bits per heavy atom. The lowest BCUT2D eigenvalue weighted by atomic mass is 10.3. The van der Waals surface area contributed by atoms with E-state index in [0.717, 1.165) is 5.57 Å². The van der Waals surface area contributed by atoms with Crippen LogP contribution in [0.2, 0.25) is 0 Å². The zero-order chi connectivity index (χ0) is 5.40. The molecule has 0 aromatic heterocycles. The molecule has 2 rings (SSSR count). The fraction of sp³-hybridized carbons (Fsp3) is 0.167. The van der Waals surface area contributed by atoms with E-state index in [2.05, 4.69) is 16.4 Å². The average molecular weight is 105 g/mol. The molecule has 0 bridgehead atoms. The molecule has 1 radical (unpaired) electrons. The van der Waals surface area contributed by atoms with E-state index in [4.69, 9.17) is 0 Å². The maximum Gasteiger partial charge on any atom is 0.144 e. The summed E-state index contributed by atoms with van der Waals surface area (Å²) in [6.45, 7) is 0. The molecule has 39 valence electrons. The SMILES string of the molecule is [C]1=CNC2N=CC=C12. The van der Waals surface area contributed by atoms with Crippen LogP contribution >= 0.6 is 0 Å². The second-order valence-corrected chi connectivity index (χ2v) is 1.78. The summed E-state index contributed by atoms with van der Waals surface area (Å²) >= 11 is 0. The molecular weight excluding hydrogens is 100 g/mol. The predicted molar refractivity (Wildman–Crippen MR) is 31.3 cm³/mol. The molecule has 2 aliphatic rings. The van der Waals surface area contributed by atoms with Crippen LogP contribution in [0.15, 0.2) is 22.8 Å². The summed E-state index contributed by atoms with van der Waals surface area (Å²) in [6, 6.07) is 0. The Morgan fingerprint density at radius 3 is 3.62 bits per heavy atom. The van der Waals surface area contributed by atoms with Gasteiger partial charge in [0, 0.05) is 24.1 Å². The van der Waals surface area contributed by atoms with Gasteiger partial charge in [0.2, 0.25) is 0 Å². The number of hydrogen-bond acceptors (Lipinski definition) is 2. The van der Waals surface area contributed by atoms with Crippen molar-refractivity contribution in [3.63, 3.8) is 0 Å². The third-order valence-electron chi connectivity index (χ3n) is 1.26. The van der Waals surface area contributed by atoms with Gasteiger partial charge >= 0.3 is 0 Å². The van der Waals surface area contributed by atoms with Gasteiger partial charge in [0.15, 0.2) is 0 Å². The molecule has 2 aliphatic heterocycles. The number of rotatable bonds is 0. The van der Waals surface area contributed by atoms with Crippen LogP contribution in [-0.4, -0.2) is 12.4 Å². The number of allylic oxidation sites excluding steroid dienone is 1. The van der Waals surface area contributed by atoms with Gasteiger partial charge in [-0.25, -0.2) is 0 Å². The normalized spacial score (nSPS) is 30.0. The van der Waals surface area contributed by atoms with Crippen molar-refractivity contribution in [1.29, 1.82) is 0 Å². The van der Waals surface area contributed by atoms with Crippen LogP contribution in [0.4, 0.5) is 0 Å². The van der Waals surface area contributed by atoms with Crippen LogP contribution in [0.5, 0.6) is 0 Å². The Morgan fingerprint density at radius 1 is 1.75 bits per heavy atom. The van der Waals surface area contributed by atoms with Crippen molar-refractivity contribution in [3.8, 4) is 0 Å². The van der Waals surface area contributed by atoms with E-state index in [1.165, 1.54) is 0 Å². The molecule has 0 spiro atoms. The van der Waals surface area contributed by atoms with Gasteiger partial charge in [0.25, 0.3) is 0 Å². The van der Waals surface area contributed by atoms with Crippen molar-refractivity contribution >= 4 is 6.21 Å². The number of nitrogens with one attached hydrogen (secondary N) is 1. The molecule has 0 amide bonds. The van der Waals surface area contributed by atoms with Crippen molar-refractivity contribution in [2.45, 2.75) is 6.17 Å². The minimum atomic E-state index is 0.190. The first-order valence-corrected chi connectivity index (χ1v) is 2.54. The van der Waals surface area contributed by atoms with Crippen LogP contribution < -0.4 is 5.32 Å². The highest BCUT2D eigenvalue weighted by molar-refractivity contribution is 5.77. The Kier molecular flexibility index (Phi) is 0.592. The lowest BCUT2D eigenvalue weighted by Gasteiger charge is -1.99. The largest absolute Gasteiger partial charge is 0.366 e. The van der Waals surface area contributed by atoms with Crippen LogP contribution in [0.25, 0.3) is 0 Å². The van der Waals surface area contributed by atoms with E-state index < -0.39 is 0 Å². The maximum absolute atomic E-state index is 4.08. The van der Waals surface area contributed by atoms with Crippen LogP contribution in [0.3, 0.4) is 0 Å². The number of hydrogen-bond donors (Lipinski definition) is 1. The van der Waals surface area contributed by atoms with Crippen molar-refractivity contribution in [2.75, 3.05) is 0 Å². The van der Waals surface area contributed by atoms with Crippen LogP contribution in [0.1, 0.15) is 0 Å². The quantitative estimate of drug-likeness (QED) is 0.469. The van der Waals surface area contributed by atoms with E-state index in [0.29, 0.717) is 0 Å². The molecule has 0 aromatic rings. The summed E-state index contributed by atoms with van der Waals surface area (Å²) in [6.07, 6.45) is 8.77. The molecule has 2 heteroatoms. The van der Waals surface area contributed by atoms with Gasteiger partial charge in [0.05, 0.1) is 0 Å². The third-order valence-corrected chi connectivity index (χ3v) is 1.26. The molecule has 0 fully saturated rings. The van der Waals surface area contributed by atoms with Gasteiger partial charge in [0.1, 0.15) is 6.17 Å². The number of nitrogens with zero attached hydrogens (tertiary/aromatic N) is 1. The Bertz CT molecular complexity index is 189. The fourth-order valence-corrected chi connectivity index (χ4v) is 0.845. The zero-order valence-corrected chi connectivity index (χ0v) is 4.26. The standard InChI is InChI=1S/C6H5N2/c1-3-7-6-5(1)2-4-8-6/h1,3-4,6,8H. The summed E-state index contributed by atoms with van der Waals surface area (Å²) in [5, 5.41) is 3.02. The molecule has 0 saturated heterocycles. The molecule has 2 heterocycles. The van der Waals surface area contributed by atoms with E-state index in [1.54, 1.807) is 12.4 Å². The molecule has 1 N–H and O–H groups in total. The van der Waals surface area contributed by atoms with Gasteiger partial charge in [-0.3, -0.25) is 4.99 Å². The number of aliphatic imine (C=N–C) groups is 1. The van der Waals surface area contributed by atoms with E-state index in [9.17, 15) is 0 Å². The summed E-state index contributed by atoms with van der Waals surface area (Å²) in [5.74, 6) is 0. The molecule has 0 saturated carbocycles. The third kappa shape index (κ3) is 0.346. The van der Waals surface area contributed by atoms with Crippen molar-refractivity contribution in [3.05, 3.63) is 23.9 Å². The van der Waals surface area contributed by atoms with Crippen molar-refractivity contribution in [1.82, 2.24) is 5.32 Å². The lowest BCUT2D eigenvalue weighted by molar-refractivity contribution is 0.757. The van der Waals surface area contributed by atoms with Crippen molar-refractivity contribution < 1.29 is 0 Å². The molecular formula is C6H5N2. The molecule has 0 aromatic carbocycles. The van der Waals surface area contributed by atoms with E-state index in [1.807, 2.05) is 6.08 Å². The van der Waals surface area contributed by atoms with Crippen LogP contribution in [0, 0.1) is 6.08 Å². The molecule has 2 nitrogen and oxygen atoms in total. The second kappa shape index (κ2) is 1.22. The highest BCUT2D eigenvalue weighted by Gasteiger charge is 2.15. The summed E-state index contributed by atoms with van der Waals surface area (Å²) in [7, 11) is 0. The monoisotopic (exact) mass is 105 g/mol. The minimum Gasteiger partial charge on any atom is -0.366 e. The summed E-state index contributed by atoms with van der Waals surface area (Å²) < 4.78 is 0. The molecule has 1 atom stereocenters. The van der Waals surface area contributed by atoms with Gasteiger partial charge < -0.3 is 5.32 Å². The molecule has 8 heavy (non-hydrogen) atoms. The van der Waals surface area contributed by atoms with Gasteiger partial charge in [-0.15, -0.1) is 0 Å². The molecule has 1 unspecified atom stereocenters. The van der Waals surface area contributed by atoms with Gasteiger partial charge in [-0.2, -0.15) is 0 Å². The Hall–Kier alpha value is -1.05.